The summed E-state index contributed by atoms with van der Waals surface area (Å²) in [7, 11) is -9.27. The summed E-state index contributed by atoms with van der Waals surface area (Å²) in [5.74, 6) is -4.85. The van der Waals surface area contributed by atoms with E-state index in [0.29, 0.717) is 24.3 Å². The van der Waals surface area contributed by atoms with E-state index in [1.807, 2.05) is 0 Å². The SMILES string of the molecule is Cc1nc(NC(=O)C(F)(F)F)sc1S(=O)(=O)Nc1ccc(C(O)(C(F)(F)F)C(F)(F)F)cc1.Cc1nc(NC(=O)C(F)(F)F)sc1S(=O)(=O)Nc1ccc(C(O)(C(F)(F)F)C(F)(F)F)cc1. The molecule has 0 bridgehead atoms. The number of benzene rings is 2. The molecule has 0 atom stereocenters. The second kappa shape index (κ2) is 18.1. The molecule has 2 amide bonds. The number of aryl methyl sites for hydroxylation is 2. The summed E-state index contributed by atoms with van der Waals surface area (Å²) in [5, 5.41) is 19.9. The van der Waals surface area contributed by atoms with Crippen LogP contribution in [0.1, 0.15) is 22.5 Å². The Morgan fingerprint density at radius 3 is 0.939 bits per heavy atom. The fourth-order valence-electron chi connectivity index (χ4n) is 4.64. The van der Waals surface area contributed by atoms with Gasteiger partial charge in [0.2, 0.25) is 0 Å². The predicted octanol–water partition coefficient (Wildman–Crippen LogP) is 8.13. The first-order valence-electron chi connectivity index (χ1n) is 16.1. The summed E-state index contributed by atoms with van der Waals surface area (Å²) >= 11 is 0.226. The molecule has 2 heterocycles. The molecule has 6 N–H and O–H groups in total. The Hall–Kier alpha value is -5.20. The Morgan fingerprint density at radius 1 is 0.485 bits per heavy atom. The van der Waals surface area contributed by atoms with E-state index in [2.05, 4.69) is 9.97 Å². The molecule has 0 aliphatic carbocycles. The van der Waals surface area contributed by atoms with Crippen LogP contribution in [0.5, 0.6) is 0 Å². The molecule has 4 aromatic rings. The van der Waals surface area contributed by atoms with Crippen LogP contribution in [-0.4, -0.2) is 85.9 Å². The molecule has 2 aromatic carbocycles. The number of aromatic nitrogens is 2. The standard InChI is InChI=1S/2C15H10F9N3O4S2/c2*1-6-9(32-11(25-6)26-10(28)13(16,17)18)33(30,31)27-8-4-2-7(3-5-8)12(29,14(19,20)21)15(22,23)24/h2*2-5,27,29H,1H3,(H,25,26,28). The van der Waals surface area contributed by atoms with Crippen LogP contribution in [0.25, 0.3) is 0 Å². The maximum absolute atomic E-state index is 12.9. The largest absolute Gasteiger partial charge is 0.471 e. The number of halogens is 18. The first-order valence-corrected chi connectivity index (χ1v) is 20.7. The number of carbonyl (C=O) groups excluding carboxylic acids is 2. The number of hydrogen-bond donors (Lipinski definition) is 6. The highest BCUT2D eigenvalue weighted by molar-refractivity contribution is 7.95. The molecule has 0 fully saturated rings. The van der Waals surface area contributed by atoms with E-state index in [9.17, 15) is 116 Å². The third-order valence-corrected chi connectivity index (χ3v) is 13.8. The smallest absolute Gasteiger partial charge is 0.369 e. The van der Waals surface area contributed by atoms with Crippen molar-refractivity contribution in [1.82, 2.24) is 9.97 Å². The van der Waals surface area contributed by atoms with Crippen LogP contribution in [0.2, 0.25) is 0 Å². The van der Waals surface area contributed by atoms with E-state index >= 15 is 0 Å². The molecule has 4 rings (SSSR count). The molecule has 0 aliphatic rings. The number of sulfonamides is 2. The molecule has 0 spiro atoms. The zero-order valence-corrected chi connectivity index (χ0v) is 34.6. The molecule has 0 radical (unpaired) electrons. The summed E-state index contributed by atoms with van der Waals surface area (Å²) in [4.78, 5) is 28.8. The summed E-state index contributed by atoms with van der Waals surface area (Å²) < 4.78 is 281. The Kier molecular flexibility index (Phi) is 15.1. The van der Waals surface area contributed by atoms with Gasteiger partial charge in [0.25, 0.3) is 31.2 Å². The topological polar surface area (TPSA) is 217 Å². The van der Waals surface area contributed by atoms with Gasteiger partial charge in [-0.1, -0.05) is 46.9 Å². The van der Waals surface area contributed by atoms with Gasteiger partial charge in [-0.15, -0.1) is 0 Å². The third-order valence-electron chi connectivity index (χ3n) is 7.70. The van der Waals surface area contributed by atoms with Crippen molar-refractivity contribution < 1.29 is 116 Å². The first-order chi connectivity index (χ1) is 29.4. The molecule has 0 unspecified atom stereocenters. The van der Waals surface area contributed by atoms with E-state index in [0.717, 1.165) is 13.8 Å². The van der Waals surface area contributed by atoms with Gasteiger partial charge in [-0.25, -0.2) is 26.8 Å². The quantitative estimate of drug-likeness (QED) is 0.0839. The Bertz CT molecular complexity index is 2430. The summed E-state index contributed by atoms with van der Waals surface area (Å²) in [6.07, 6.45) is -35.2. The van der Waals surface area contributed by atoms with Crippen LogP contribution >= 0.6 is 22.7 Å². The highest BCUT2D eigenvalue weighted by atomic mass is 32.3. The van der Waals surface area contributed by atoms with Crippen molar-refractivity contribution in [2.75, 3.05) is 20.1 Å². The lowest BCUT2D eigenvalue weighted by Gasteiger charge is -2.32. The number of amides is 2. The van der Waals surface area contributed by atoms with Crippen LogP contribution in [0, 0.1) is 13.8 Å². The molecule has 368 valence electrons. The van der Waals surface area contributed by atoms with Gasteiger partial charge >= 0.3 is 48.9 Å². The molecular formula is C30H20F18N6O8S4. The second-order valence-electron chi connectivity index (χ2n) is 12.5. The molecule has 0 saturated carbocycles. The van der Waals surface area contributed by atoms with Crippen molar-refractivity contribution in [3.8, 4) is 0 Å². The molecule has 66 heavy (non-hydrogen) atoms. The highest BCUT2D eigenvalue weighted by Gasteiger charge is 2.72. The van der Waals surface area contributed by atoms with Crippen molar-refractivity contribution in [3.05, 3.63) is 71.0 Å². The summed E-state index contributed by atoms with van der Waals surface area (Å²) in [6.45, 7) is 2.12. The maximum atomic E-state index is 12.9. The van der Waals surface area contributed by atoms with E-state index in [1.165, 1.54) is 10.6 Å². The van der Waals surface area contributed by atoms with Crippen molar-refractivity contribution in [3.63, 3.8) is 0 Å². The van der Waals surface area contributed by atoms with Gasteiger partial charge in [-0.2, -0.15) is 79.0 Å². The Morgan fingerprint density at radius 2 is 0.727 bits per heavy atom. The minimum Gasteiger partial charge on any atom is -0.369 e. The van der Waals surface area contributed by atoms with E-state index in [4.69, 9.17) is 0 Å². The Balaban J connectivity index is 0.000000350. The lowest BCUT2D eigenvalue weighted by Crippen LogP contribution is -2.53. The van der Waals surface area contributed by atoms with Gasteiger partial charge in [0.05, 0.1) is 11.4 Å². The van der Waals surface area contributed by atoms with Crippen molar-refractivity contribution >= 4 is 76.2 Å². The monoisotopic (exact) mass is 1060 g/mol. The number of nitrogens with one attached hydrogen (secondary N) is 4. The van der Waals surface area contributed by atoms with Crippen LogP contribution < -0.4 is 20.1 Å². The predicted molar refractivity (Wildman–Crippen MR) is 190 cm³/mol. The number of thiazole rings is 2. The molecular weight excluding hydrogens is 1040 g/mol. The lowest BCUT2D eigenvalue weighted by molar-refractivity contribution is -0.376. The fourth-order valence-corrected chi connectivity index (χ4v) is 9.58. The average Bonchev–Trinajstić information content (AvgIpc) is 3.70. The van der Waals surface area contributed by atoms with E-state index in [-0.39, 0.29) is 58.3 Å². The van der Waals surface area contributed by atoms with E-state index < -0.39 is 121 Å². The average molecular weight is 1060 g/mol. The lowest BCUT2D eigenvalue weighted by atomic mass is 9.92. The summed E-state index contributed by atoms with van der Waals surface area (Å²) in [6, 6.07) is 2.74. The maximum Gasteiger partial charge on any atom is 0.471 e. The van der Waals surface area contributed by atoms with Gasteiger partial charge in [-0.3, -0.25) is 29.7 Å². The van der Waals surface area contributed by atoms with Crippen LogP contribution in [0.15, 0.2) is 56.9 Å². The fraction of sp³-hybridized carbons (Fsp3) is 0.333. The third kappa shape index (κ3) is 11.8. The minimum absolute atomic E-state index is 0.113. The van der Waals surface area contributed by atoms with Gasteiger partial charge in [-0.05, 0) is 38.1 Å². The minimum atomic E-state index is -6.15. The first kappa shape index (κ1) is 55.1. The zero-order chi connectivity index (χ0) is 51.2. The van der Waals surface area contributed by atoms with Crippen molar-refractivity contribution in [2.24, 2.45) is 0 Å². The van der Waals surface area contributed by atoms with Gasteiger partial charge < -0.3 is 10.2 Å². The Labute approximate surface area is 362 Å². The normalized spacial score (nSPS) is 13.7. The summed E-state index contributed by atoms with van der Waals surface area (Å²) in [5.41, 5.74) is -15.5. The zero-order valence-electron chi connectivity index (χ0n) is 31.3. The molecule has 2 aromatic heterocycles. The number of rotatable bonds is 10. The molecule has 0 aliphatic heterocycles. The molecule has 14 nitrogen and oxygen atoms in total. The second-order valence-corrected chi connectivity index (χ2v) is 18.2. The van der Waals surface area contributed by atoms with Crippen molar-refractivity contribution in [2.45, 2.75) is 70.5 Å². The molecule has 36 heteroatoms. The van der Waals surface area contributed by atoms with Gasteiger partial charge in [0.1, 0.15) is 0 Å². The van der Waals surface area contributed by atoms with Crippen LogP contribution in [-0.2, 0) is 40.8 Å². The number of nitrogens with zero attached hydrogens (tertiary/aromatic N) is 2. The number of hydrogen-bond acceptors (Lipinski definition) is 12. The number of alkyl halides is 18. The molecule has 0 saturated heterocycles. The van der Waals surface area contributed by atoms with Gasteiger partial charge in [0, 0.05) is 22.5 Å². The van der Waals surface area contributed by atoms with Gasteiger partial charge in [0.15, 0.2) is 18.7 Å². The number of anilines is 4. The van der Waals surface area contributed by atoms with Crippen LogP contribution in [0.3, 0.4) is 0 Å². The van der Waals surface area contributed by atoms with Crippen LogP contribution in [0.4, 0.5) is 101 Å². The number of carbonyl (C=O) groups is 2. The van der Waals surface area contributed by atoms with E-state index in [1.54, 1.807) is 9.44 Å². The number of aliphatic hydroxyl groups is 2. The highest BCUT2D eigenvalue weighted by Crippen LogP contribution is 2.51. The van der Waals surface area contributed by atoms with Crippen molar-refractivity contribution in [1.29, 1.82) is 0 Å².